The Hall–Kier alpha value is -2.39. The molecule has 0 unspecified atom stereocenters. The van der Waals surface area contributed by atoms with Crippen molar-refractivity contribution in [1.82, 2.24) is 19.1 Å². The Kier molecular flexibility index (Phi) is 6.76. The molecule has 2 aromatic rings. The summed E-state index contributed by atoms with van der Waals surface area (Å²) in [5, 5.41) is 13.4. The van der Waals surface area contributed by atoms with Crippen LogP contribution in [0.2, 0.25) is 0 Å². The predicted molar refractivity (Wildman–Crippen MR) is 101 cm³/mol. The Balaban J connectivity index is 2.39. The Morgan fingerprint density at radius 1 is 1.42 bits per heavy atom. The van der Waals surface area contributed by atoms with E-state index in [-0.39, 0.29) is 24.3 Å². The fourth-order valence-corrected chi connectivity index (χ4v) is 2.57. The molecule has 1 atom stereocenters. The minimum absolute atomic E-state index is 0.0980. The maximum Gasteiger partial charge on any atom is 0.329 e. The number of H-pyrrole nitrogens is 1. The molecular formula is C17H27N5O4. The molecule has 144 valence electrons. The predicted octanol–water partition coefficient (Wildman–Crippen LogP) is 0.445. The van der Waals surface area contributed by atoms with Gasteiger partial charge in [-0.25, -0.2) is 4.79 Å². The smallest absolute Gasteiger partial charge is 0.329 e. The van der Waals surface area contributed by atoms with E-state index in [1.165, 1.54) is 4.57 Å². The van der Waals surface area contributed by atoms with E-state index in [2.05, 4.69) is 35.7 Å². The minimum atomic E-state index is -0.838. The van der Waals surface area contributed by atoms with Gasteiger partial charge in [0.05, 0.1) is 25.9 Å². The van der Waals surface area contributed by atoms with Crippen LogP contribution in [0.25, 0.3) is 11.2 Å². The number of imidazole rings is 1. The monoisotopic (exact) mass is 365 g/mol. The molecule has 9 heteroatoms. The van der Waals surface area contributed by atoms with Crippen LogP contribution in [0.5, 0.6) is 0 Å². The van der Waals surface area contributed by atoms with Crippen LogP contribution in [0.4, 0.5) is 5.95 Å². The second kappa shape index (κ2) is 8.81. The highest BCUT2D eigenvalue weighted by Gasteiger charge is 2.19. The summed E-state index contributed by atoms with van der Waals surface area (Å²) in [5.74, 6) is 0.945. The van der Waals surface area contributed by atoms with Gasteiger partial charge in [0.2, 0.25) is 5.95 Å². The van der Waals surface area contributed by atoms with Crippen LogP contribution in [0.3, 0.4) is 0 Å². The summed E-state index contributed by atoms with van der Waals surface area (Å²) < 4.78 is 8.14. The van der Waals surface area contributed by atoms with E-state index in [1.54, 1.807) is 17.7 Å². The molecule has 2 rings (SSSR count). The van der Waals surface area contributed by atoms with E-state index in [0.29, 0.717) is 25.0 Å². The molecule has 0 saturated carbocycles. The third kappa shape index (κ3) is 4.61. The Bertz CT molecular complexity index is 864. The first-order valence-corrected chi connectivity index (χ1v) is 8.65. The van der Waals surface area contributed by atoms with Crippen LogP contribution in [-0.4, -0.2) is 50.1 Å². The van der Waals surface area contributed by atoms with Crippen molar-refractivity contribution in [3.63, 3.8) is 0 Å². The van der Waals surface area contributed by atoms with Gasteiger partial charge in [-0.15, -0.1) is 6.58 Å². The quantitative estimate of drug-likeness (QED) is 0.416. The zero-order chi connectivity index (χ0) is 19.3. The normalized spacial score (nSPS) is 12.7. The summed E-state index contributed by atoms with van der Waals surface area (Å²) in [5.41, 5.74) is -0.561. The van der Waals surface area contributed by atoms with Crippen LogP contribution < -0.4 is 16.6 Å². The molecular weight excluding hydrogens is 338 g/mol. The van der Waals surface area contributed by atoms with Crippen molar-refractivity contribution >= 4 is 17.1 Å². The van der Waals surface area contributed by atoms with Crippen LogP contribution in [0.1, 0.15) is 20.3 Å². The minimum Gasteiger partial charge on any atom is -0.389 e. The SMILES string of the molecule is C=CCOC[C@H](O)Cn1c(NCCC(C)C)nc2c1c(=O)[nH]c(=O)n2C. The Labute approximate surface area is 151 Å². The van der Waals surface area contributed by atoms with Crippen molar-refractivity contribution < 1.29 is 9.84 Å². The van der Waals surface area contributed by atoms with Gasteiger partial charge < -0.3 is 19.7 Å². The Morgan fingerprint density at radius 2 is 2.15 bits per heavy atom. The molecule has 0 bridgehead atoms. The summed E-state index contributed by atoms with van der Waals surface area (Å²) in [7, 11) is 1.54. The molecule has 0 saturated heterocycles. The standard InChI is InChI=1S/C17H27N5O4/c1-5-8-26-10-12(23)9-22-13-14(21(4)17(25)20-15(13)24)19-16(22)18-7-6-11(2)3/h5,11-12,23H,1,6-10H2,2-4H3,(H,18,19)(H,20,24,25)/t12-/m1/s1. The summed E-state index contributed by atoms with van der Waals surface area (Å²) in [6.45, 7) is 8.98. The highest BCUT2D eigenvalue weighted by atomic mass is 16.5. The number of hydrogen-bond donors (Lipinski definition) is 3. The number of rotatable bonds is 10. The molecule has 0 aliphatic rings. The molecule has 0 spiro atoms. The van der Waals surface area contributed by atoms with Crippen molar-refractivity contribution in [3.05, 3.63) is 33.5 Å². The van der Waals surface area contributed by atoms with Crippen molar-refractivity contribution in [2.24, 2.45) is 13.0 Å². The number of aliphatic hydroxyl groups excluding tert-OH is 1. The van der Waals surface area contributed by atoms with Crippen molar-refractivity contribution in [3.8, 4) is 0 Å². The molecule has 0 aromatic carbocycles. The molecule has 2 heterocycles. The molecule has 0 aliphatic carbocycles. The number of ether oxygens (including phenoxy) is 1. The van der Waals surface area contributed by atoms with Crippen LogP contribution in [-0.2, 0) is 18.3 Å². The first kappa shape index (κ1) is 19.9. The number of hydrogen-bond acceptors (Lipinski definition) is 6. The number of nitrogens with zero attached hydrogens (tertiary/aromatic N) is 3. The largest absolute Gasteiger partial charge is 0.389 e. The molecule has 0 fully saturated rings. The number of nitrogens with one attached hydrogen (secondary N) is 2. The Morgan fingerprint density at radius 3 is 2.81 bits per heavy atom. The van der Waals surface area contributed by atoms with E-state index >= 15 is 0 Å². The number of aromatic amines is 1. The first-order valence-electron chi connectivity index (χ1n) is 8.65. The zero-order valence-corrected chi connectivity index (χ0v) is 15.5. The van der Waals surface area contributed by atoms with Crippen molar-refractivity contribution in [2.75, 3.05) is 25.1 Å². The van der Waals surface area contributed by atoms with E-state index in [1.807, 2.05) is 0 Å². The van der Waals surface area contributed by atoms with E-state index in [0.717, 1.165) is 6.42 Å². The maximum atomic E-state index is 12.3. The van der Waals surface area contributed by atoms with Gasteiger partial charge in [0.1, 0.15) is 0 Å². The van der Waals surface area contributed by atoms with Gasteiger partial charge >= 0.3 is 5.69 Å². The van der Waals surface area contributed by atoms with Gasteiger partial charge in [-0.05, 0) is 12.3 Å². The number of fused-ring (bicyclic) bond motifs is 1. The van der Waals surface area contributed by atoms with Gasteiger partial charge in [-0.3, -0.25) is 14.3 Å². The fraction of sp³-hybridized carbons (Fsp3) is 0.588. The second-order valence-electron chi connectivity index (χ2n) is 6.63. The average molecular weight is 365 g/mol. The number of aliphatic hydroxyl groups is 1. The van der Waals surface area contributed by atoms with Gasteiger partial charge in [0.25, 0.3) is 5.56 Å². The molecule has 0 radical (unpaired) electrons. The zero-order valence-electron chi connectivity index (χ0n) is 15.5. The number of aromatic nitrogens is 4. The summed E-state index contributed by atoms with van der Waals surface area (Å²) in [4.78, 5) is 30.8. The topological polar surface area (TPSA) is 114 Å². The van der Waals surface area contributed by atoms with Crippen molar-refractivity contribution in [2.45, 2.75) is 32.9 Å². The van der Waals surface area contributed by atoms with Gasteiger partial charge in [0, 0.05) is 13.6 Å². The van der Waals surface area contributed by atoms with Crippen LogP contribution in [0, 0.1) is 5.92 Å². The van der Waals surface area contributed by atoms with Gasteiger partial charge in [-0.1, -0.05) is 19.9 Å². The highest BCUT2D eigenvalue weighted by molar-refractivity contribution is 5.74. The lowest BCUT2D eigenvalue weighted by molar-refractivity contribution is 0.0405. The van der Waals surface area contributed by atoms with Crippen molar-refractivity contribution in [1.29, 1.82) is 0 Å². The molecule has 9 nitrogen and oxygen atoms in total. The van der Waals surface area contributed by atoms with Gasteiger partial charge in [-0.2, -0.15) is 4.98 Å². The van der Waals surface area contributed by atoms with Gasteiger partial charge in [0.15, 0.2) is 11.2 Å². The first-order chi connectivity index (χ1) is 12.3. The third-order valence-corrected chi connectivity index (χ3v) is 3.95. The van der Waals surface area contributed by atoms with E-state index < -0.39 is 17.4 Å². The second-order valence-corrected chi connectivity index (χ2v) is 6.63. The van der Waals surface area contributed by atoms with Crippen LogP contribution >= 0.6 is 0 Å². The maximum absolute atomic E-state index is 12.3. The summed E-state index contributed by atoms with van der Waals surface area (Å²) >= 11 is 0. The van der Waals surface area contributed by atoms with E-state index in [4.69, 9.17) is 4.74 Å². The van der Waals surface area contributed by atoms with Crippen LogP contribution in [0.15, 0.2) is 22.2 Å². The summed E-state index contributed by atoms with van der Waals surface area (Å²) in [6, 6.07) is 0. The summed E-state index contributed by atoms with van der Waals surface area (Å²) in [6.07, 6.45) is 1.68. The molecule has 0 amide bonds. The lowest BCUT2D eigenvalue weighted by atomic mass is 10.1. The average Bonchev–Trinajstić information content (AvgIpc) is 2.92. The number of anilines is 1. The molecule has 26 heavy (non-hydrogen) atoms. The van der Waals surface area contributed by atoms with E-state index in [9.17, 15) is 14.7 Å². The molecule has 0 aliphatic heterocycles. The lowest BCUT2D eigenvalue weighted by Crippen LogP contribution is -2.30. The molecule has 2 aromatic heterocycles. The highest BCUT2D eigenvalue weighted by Crippen LogP contribution is 2.16. The lowest BCUT2D eigenvalue weighted by Gasteiger charge is -2.15. The number of aryl methyl sites for hydroxylation is 1. The fourth-order valence-electron chi connectivity index (χ4n) is 2.57. The molecule has 3 N–H and O–H groups in total. The third-order valence-electron chi connectivity index (χ3n) is 3.95.